The van der Waals surface area contributed by atoms with Crippen LogP contribution in [0.1, 0.15) is 65.2 Å². The Morgan fingerprint density at radius 1 is 1.30 bits per heavy atom. The molecule has 0 radical (unpaired) electrons. The lowest BCUT2D eigenvalue weighted by Crippen LogP contribution is -2.31. The molecule has 2 aliphatic rings. The summed E-state index contributed by atoms with van der Waals surface area (Å²) in [5.41, 5.74) is 0. The van der Waals surface area contributed by atoms with E-state index in [-0.39, 0.29) is 36.8 Å². The highest BCUT2D eigenvalue weighted by Gasteiger charge is 2.44. The molecule has 2 fully saturated rings. The summed E-state index contributed by atoms with van der Waals surface area (Å²) in [5, 5.41) is 0. The Morgan fingerprint density at radius 2 is 2.11 bits per heavy atom. The molecule has 1 unspecified atom stereocenters. The molecule has 2 rings (SSSR count). The third kappa shape index (κ3) is 7.34. The Labute approximate surface area is 161 Å². The summed E-state index contributed by atoms with van der Waals surface area (Å²) in [5.74, 6) is -0.967. The molecule has 6 heteroatoms. The monoisotopic (exact) mass is 384 g/mol. The van der Waals surface area contributed by atoms with Crippen molar-refractivity contribution in [1.29, 1.82) is 0 Å². The molecule has 1 aliphatic heterocycles. The van der Waals surface area contributed by atoms with Crippen molar-refractivity contribution in [3.05, 3.63) is 12.2 Å². The van der Waals surface area contributed by atoms with Gasteiger partial charge < -0.3 is 19.0 Å². The quantitative estimate of drug-likeness (QED) is 0.245. The highest BCUT2D eigenvalue weighted by atomic mass is 19.1. The fourth-order valence-electron chi connectivity index (χ4n) is 3.79. The van der Waals surface area contributed by atoms with E-state index in [0.717, 1.165) is 32.0 Å². The number of carbonyl (C=O) groups is 2. The summed E-state index contributed by atoms with van der Waals surface area (Å²) < 4.78 is 30.9. The fourth-order valence-corrected chi connectivity index (χ4v) is 3.79. The lowest BCUT2D eigenvalue weighted by Gasteiger charge is -2.29. The molecule has 0 amide bonds. The average Bonchev–Trinajstić information content (AvgIpc) is 2.92. The molecule has 0 aromatic heterocycles. The Bertz CT molecular complexity index is 487. The van der Waals surface area contributed by atoms with Crippen molar-refractivity contribution in [2.24, 2.45) is 11.8 Å². The van der Waals surface area contributed by atoms with Crippen LogP contribution in [0, 0.1) is 11.8 Å². The standard InChI is InChI=1S/C21H33FO5/c1-15(2)26-20(24)10-6-4-3-5-9-16-17(14-23)18(22)13-19(16)27-21-11-7-8-12-25-21/h3,5,14-19,21H,4,6-13H2,1-2H3/b5-3+/t16-,17-,18+,19+,21?/m1/s1. The minimum Gasteiger partial charge on any atom is -0.463 e. The Hall–Kier alpha value is -1.27. The molecule has 27 heavy (non-hydrogen) atoms. The van der Waals surface area contributed by atoms with Crippen LogP contribution in [0.25, 0.3) is 0 Å². The smallest absolute Gasteiger partial charge is 0.306 e. The molecule has 5 atom stereocenters. The molecule has 0 bridgehead atoms. The number of hydrogen-bond donors (Lipinski definition) is 0. The molecule has 5 nitrogen and oxygen atoms in total. The first-order valence-corrected chi connectivity index (χ1v) is 10.2. The lowest BCUT2D eigenvalue weighted by atomic mass is 9.91. The van der Waals surface area contributed by atoms with Gasteiger partial charge in [-0.25, -0.2) is 4.39 Å². The maximum Gasteiger partial charge on any atom is 0.306 e. The van der Waals surface area contributed by atoms with Gasteiger partial charge in [0.2, 0.25) is 0 Å². The van der Waals surface area contributed by atoms with Crippen LogP contribution in [-0.2, 0) is 23.8 Å². The zero-order valence-corrected chi connectivity index (χ0v) is 16.5. The summed E-state index contributed by atoms with van der Waals surface area (Å²) in [4.78, 5) is 22.9. The number of ether oxygens (including phenoxy) is 3. The second-order valence-corrected chi connectivity index (χ2v) is 7.74. The van der Waals surface area contributed by atoms with Gasteiger partial charge in [0.25, 0.3) is 0 Å². The number of alkyl halides is 1. The van der Waals surface area contributed by atoms with Crippen molar-refractivity contribution >= 4 is 12.3 Å². The van der Waals surface area contributed by atoms with Crippen LogP contribution in [0.3, 0.4) is 0 Å². The molecule has 0 aromatic carbocycles. The summed E-state index contributed by atoms with van der Waals surface area (Å²) in [6, 6.07) is 0. The van der Waals surface area contributed by atoms with E-state index >= 15 is 0 Å². The van der Waals surface area contributed by atoms with Gasteiger partial charge in [-0.05, 0) is 52.4 Å². The molecule has 154 valence electrons. The maximum absolute atomic E-state index is 14.2. The lowest BCUT2D eigenvalue weighted by molar-refractivity contribution is -0.195. The molecule has 1 saturated heterocycles. The summed E-state index contributed by atoms with van der Waals surface area (Å²) in [7, 11) is 0. The predicted molar refractivity (Wildman–Crippen MR) is 99.9 cm³/mol. The van der Waals surface area contributed by atoms with Gasteiger partial charge in [-0.2, -0.15) is 0 Å². The van der Waals surface area contributed by atoms with E-state index in [1.165, 1.54) is 0 Å². The highest BCUT2D eigenvalue weighted by Crippen LogP contribution is 2.39. The molecular weight excluding hydrogens is 351 g/mol. The van der Waals surface area contributed by atoms with Crippen molar-refractivity contribution in [3.63, 3.8) is 0 Å². The third-order valence-corrected chi connectivity index (χ3v) is 5.16. The van der Waals surface area contributed by atoms with Crippen LogP contribution in [0.15, 0.2) is 12.2 Å². The second kappa shape index (κ2) is 11.5. The van der Waals surface area contributed by atoms with Crippen molar-refractivity contribution in [2.45, 2.75) is 89.9 Å². The average molecular weight is 384 g/mol. The molecule has 1 saturated carbocycles. The number of unbranched alkanes of at least 4 members (excludes halogenated alkanes) is 1. The molecule has 1 heterocycles. The van der Waals surface area contributed by atoms with Crippen molar-refractivity contribution in [2.75, 3.05) is 6.61 Å². The number of hydrogen-bond acceptors (Lipinski definition) is 5. The van der Waals surface area contributed by atoms with Crippen molar-refractivity contribution < 1.29 is 28.2 Å². The van der Waals surface area contributed by atoms with Crippen LogP contribution in [0.5, 0.6) is 0 Å². The normalized spacial score (nSPS) is 31.5. The Balaban J connectivity index is 1.77. The highest BCUT2D eigenvalue weighted by molar-refractivity contribution is 5.69. The number of allylic oxidation sites excluding steroid dienone is 2. The van der Waals surface area contributed by atoms with Gasteiger partial charge in [0.15, 0.2) is 6.29 Å². The predicted octanol–water partition coefficient (Wildman–Crippen LogP) is 4.14. The van der Waals surface area contributed by atoms with Crippen molar-refractivity contribution in [3.8, 4) is 0 Å². The van der Waals surface area contributed by atoms with Crippen LogP contribution >= 0.6 is 0 Å². The van der Waals surface area contributed by atoms with Gasteiger partial charge in [-0.1, -0.05) is 12.2 Å². The Morgan fingerprint density at radius 3 is 2.78 bits per heavy atom. The number of aldehydes is 1. The van der Waals surface area contributed by atoms with Gasteiger partial charge in [0, 0.05) is 25.4 Å². The van der Waals surface area contributed by atoms with Crippen LogP contribution in [0.4, 0.5) is 4.39 Å². The summed E-state index contributed by atoms with van der Waals surface area (Å²) in [6.07, 6.45) is 8.51. The van der Waals surface area contributed by atoms with E-state index < -0.39 is 12.1 Å². The number of carbonyl (C=O) groups excluding carboxylic acids is 2. The van der Waals surface area contributed by atoms with E-state index in [0.29, 0.717) is 25.9 Å². The van der Waals surface area contributed by atoms with Gasteiger partial charge >= 0.3 is 5.97 Å². The first kappa shape index (κ1) is 22.0. The molecule has 1 aliphatic carbocycles. The first-order chi connectivity index (χ1) is 13.0. The van der Waals surface area contributed by atoms with E-state index in [1.807, 2.05) is 26.0 Å². The molecule has 0 spiro atoms. The minimum absolute atomic E-state index is 0.0885. The maximum atomic E-state index is 14.2. The van der Waals surface area contributed by atoms with Crippen LogP contribution < -0.4 is 0 Å². The largest absolute Gasteiger partial charge is 0.463 e. The van der Waals surface area contributed by atoms with Crippen molar-refractivity contribution in [1.82, 2.24) is 0 Å². The molecule has 0 N–H and O–H groups in total. The SMILES string of the molecule is CC(C)OC(=O)CCC/C=C/C[C@@H]1[C@@H](C=O)[C@@H](F)C[C@@H]1OC1CCCCO1. The fraction of sp³-hybridized carbons (Fsp3) is 0.810. The van der Waals surface area contributed by atoms with Gasteiger partial charge in [0.05, 0.1) is 18.1 Å². The molecule has 0 aromatic rings. The van der Waals surface area contributed by atoms with E-state index in [1.54, 1.807) is 0 Å². The first-order valence-electron chi connectivity index (χ1n) is 10.2. The topological polar surface area (TPSA) is 61.8 Å². The zero-order valence-electron chi connectivity index (χ0n) is 16.5. The molecular formula is C21H33FO5. The second-order valence-electron chi connectivity index (χ2n) is 7.74. The summed E-state index contributed by atoms with van der Waals surface area (Å²) >= 11 is 0. The number of esters is 1. The van der Waals surface area contributed by atoms with E-state index in [2.05, 4.69) is 0 Å². The number of halogens is 1. The van der Waals surface area contributed by atoms with Gasteiger partial charge in [-0.3, -0.25) is 4.79 Å². The minimum atomic E-state index is -1.15. The third-order valence-electron chi connectivity index (χ3n) is 5.16. The van der Waals surface area contributed by atoms with E-state index in [9.17, 15) is 14.0 Å². The Kier molecular flexibility index (Phi) is 9.42. The van der Waals surface area contributed by atoms with Gasteiger partial charge in [0.1, 0.15) is 12.5 Å². The van der Waals surface area contributed by atoms with Gasteiger partial charge in [-0.15, -0.1) is 0 Å². The summed E-state index contributed by atoms with van der Waals surface area (Å²) in [6.45, 7) is 4.34. The zero-order chi connectivity index (χ0) is 19.6. The number of rotatable bonds is 10. The van der Waals surface area contributed by atoms with Crippen LogP contribution in [0.2, 0.25) is 0 Å². The van der Waals surface area contributed by atoms with Crippen LogP contribution in [-0.4, -0.2) is 43.5 Å². The van der Waals surface area contributed by atoms with E-state index in [4.69, 9.17) is 14.2 Å².